The lowest BCUT2D eigenvalue weighted by Gasteiger charge is -2.26. The minimum atomic E-state index is -0.831. The number of hydrogen-bond donors (Lipinski definition) is 3. The van der Waals surface area contributed by atoms with Crippen LogP contribution in [0.25, 0.3) is 0 Å². The Hall–Kier alpha value is -1.88. The van der Waals surface area contributed by atoms with Gasteiger partial charge in [-0.15, -0.1) is 0 Å². The molecular formula is C16H25N3O2. The summed E-state index contributed by atoms with van der Waals surface area (Å²) < 4.78 is 0. The molecule has 0 saturated heterocycles. The van der Waals surface area contributed by atoms with Crippen LogP contribution in [0.2, 0.25) is 0 Å². The van der Waals surface area contributed by atoms with E-state index in [9.17, 15) is 9.59 Å². The Morgan fingerprint density at radius 2 is 1.71 bits per heavy atom. The second-order valence-electron chi connectivity index (χ2n) is 5.56. The minimum Gasteiger partial charge on any atom is -0.351 e. The molecule has 5 nitrogen and oxygen atoms in total. The first-order chi connectivity index (χ1) is 9.85. The number of benzene rings is 1. The van der Waals surface area contributed by atoms with Crippen molar-refractivity contribution in [1.29, 1.82) is 0 Å². The van der Waals surface area contributed by atoms with E-state index in [4.69, 9.17) is 5.73 Å². The second kappa shape index (κ2) is 7.78. The Labute approximate surface area is 126 Å². The molecular weight excluding hydrogens is 266 g/mol. The van der Waals surface area contributed by atoms with E-state index in [1.54, 1.807) is 6.92 Å². The van der Waals surface area contributed by atoms with Crippen molar-refractivity contribution in [3.05, 3.63) is 35.4 Å². The van der Waals surface area contributed by atoms with Crippen LogP contribution in [0.3, 0.4) is 0 Å². The van der Waals surface area contributed by atoms with Gasteiger partial charge in [-0.25, -0.2) is 4.79 Å². The molecule has 0 spiro atoms. The highest BCUT2D eigenvalue weighted by Gasteiger charge is 2.22. The highest BCUT2D eigenvalue weighted by atomic mass is 16.2. The van der Waals surface area contributed by atoms with E-state index in [1.165, 1.54) is 5.56 Å². The van der Waals surface area contributed by atoms with Gasteiger partial charge in [-0.05, 0) is 30.4 Å². The van der Waals surface area contributed by atoms with Crippen LogP contribution in [0.4, 0.5) is 4.79 Å². The summed E-state index contributed by atoms with van der Waals surface area (Å²) in [6.07, 6.45) is 0.997. The number of nitrogens with one attached hydrogen (secondary N) is 2. The Kier molecular flexibility index (Phi) is 6.37. The smallest absolute Gasteiger partial charge is 0.318 e. The number of rotatable bonds is 6. The number of aryl methyl sites for hydroxylation is 1. The van der Waals surface area contributed by atoms with Gasteiger partial charge in [0.05, 0.1) is 6.04 Å². The molecule has 0 radical (unpaired) electrons. The number of primary amides is 1. The van der Waals surface area contributed by atoms with Crippen molar-refractivity contribution >= 4 is 11.9 Å². The zero-order chi connectivity index (χ0) is 16.0. The van der Waals surface area contributed by atoms with Crippen molar-refractivity contribution in [1.82, 2.24) is 10.6 Å². The number of amides is 3. The average molecular weight is 291 g/mol. The predicted octanol–water partition coefficient (Wildman–Crippen LogP) is 2.12. The van der Waals surface area contributed by atoms with Crippen LogP contribution in [0.5, 0.6) is 0 Å². The Morgan fingerprint density at radius 1 is 1.14 bits per heavy atom. The topological polar surface area (TPSA) is 84.2 Å². The van der Waals surface area contributed by atoms with E-state index in [-0.39, 0.29) is 6.04 Å². The molecule has 0 aromatic heterocycles. The van der Waals surface area contributed by atoms with Gasteiger partial charge in [-0.1, -0.05) is 45.0 Å². The van der Waals surface area contributed by atoms with E-state index in [2.05, 4.69) is 55.7 Å². The van der Waals surface area contributed by atoms with Gasteiger partial charge < -0.3 is 5.73 Å². The summed E-state index contributed by atoms with van der Waals surface area (Å²) in [6, 6.07) is 7.05. The van der Waals surface area contributed by atoms with Gasteiger partial charge in [0.25, 0.3) is 0 Å². The van der Waals surface area contributed by atoms with E-state index in [1.807, 2.05) is 0 Å². The van der Waals surface area contributed by atoms with Crippen LogP contribution < -0.4 is 16.4 Å². The van der Waals surface area contributed by atoms with Gasteiger partial charge in [0, 0.05) is 6.04 Å². The molecule has 2 atom stereocenters. The molecule has 21 heavy (non-hydrogen) atoms. The van der Waals surface area contributed by atoms with Gasteiger partial charge in [-0.3, -0.25) is 15.4 Å². The van der Waals surface area contributed by atoms with Gasteiger partial charge >= 0.3 is 6.03 Å². The maximum absolute atomic E-state index is 11.8. The van der Waals surface area contributed by atoms with E-state index < -0.39 is 18.0 Å². The summed E-state index contributed by atoms with van der Waals surface area (Å²) >= 11 is 0. The summed E-state index contributed by atoms with van der Waals surface area (Å²) in [7, 11) is 0. The molecule has 0 aliphatic carbocycles. The summed E-state index contributed by atoms with van der Waals surface area (Å²) in [5, 5.41) is 5.35. The summed E-state index contributed by atoms with van der Waals surface area (Å²) in [5.41, 5.74) is 7.37. The lowest BCUT2D eigenvalue weighted by atomic mass is 9.94. The summed E-state index contributed by atoms with van der Waals surface area (Å²) in [4.78, 5) is 22.5. The third-order valence-electron chi connectivity index (χ3n) is 3.48. The number of imide groups is 1. The van der Waals surface area contributed by atoms with Crippen LogP contribution in [0, 0.1) is 5.92 Å². The molecule has 0 aliphatic heterocycles. The number of nitrogens with two attached hydrogens (primary N) is 1. The molecule has 1 rings (SSSR count). The fourth-order valence-electron chi connectivity index (χ4n) is 2.21. The van der Waals surface area contributed by atoms with Crippen LogP contribution in [0.15, 0.2) is 24.3 Å². The van der Waals surface area contributed by atoms with Gasteiger partial charge in [0.2, 0.25) is 5.91 Å². The summed E-state index contributed by atoms with van der Waals surface area (Å²) in [6.45, 7) is 8.01. The second-order valence-corrected chi connectivity index (χ2v) is 5.56. The first-order valence-electron chi connectivity index (χ1n) is 7.30. The monoisotopic (exact) mass is 291 g/mol. The SMILES string of the molecule is CCc1ccc([C@H](N[C@H](C)C(=O)NC(N)=O)C(C)C)cc1. The highest BCUT2D eigenvalue weighted by molar-refractivity contribution is 5.96. The number of hydrogen-bond acceptors (Lipinski definition) is 3. The number of carbonyl (C=O) groups excluding carboxylic acids is 2. The predicted molar refractivity (Wildman–Crippen MR) is 83.7 cm³/mol. The normalized spacial score (nSPS) is 13.8. The number of urea groups is 1. The Balaban J connectivity index is 2.81. The quantitative estimate of drug-likeness (QED) is 0.750. The molecule has 0 saturated carbocycles. The van der Waals surface area contributed by atoms with E-state index >= 15 is 0 Å². The molecule has 5 heteroatoms. The highest BCUT2D eigenvalue weighted by Crippen LogP contribution is 2.22. The standard InChI is InChI=1S/C16H25N3O2/c1-5-12-6-8-13(9-7-12)14(10(2)3)18-11(4)15(20)19-16(17)21/h6-11,14,18H,5H2,1-4H3,(H3,17,19,20,21)/t11-,14-/m1/s1. The molecule has 0 bridgehead atoms. The molecule has 1 aromatic rings. The van der Waals surface area contributed by atoms with Crippen molar-refractivity contribution < 1.29 is 9.59 Å². The number of carbonyl (C=O) groups is 2. The van der Waals surface area contributed by atoms with Crippen molar-refractivity contribution in [2.45, 2.75) is 46.2 Å². The third kappa shape index (κ3) is 5.19. The first kappa shape index (κ1) is 17.2. The lowest BCUT2D eigenvalue weighted by Crippen LogP contribution is -2.48. The average Bonchev–Trinajstić information content (AvgIpc) is 2.43. The van der Waals surface area contributed by atoms with Crippen LogP contribution in [0.1, 0.15) is 44.9 Å². The maximum atomic E-state index is 11.8. The zero-order valence-corrected chi connectivity index (χ0v) is 13.1. The first-order valence-corrected chi connectivity index (χ1v) is 7.30. The Bertz CT molecular complexity index is 483. The van der Waals surface area contributed by atoms with Crippen LogP contribution in [-0.2, 0) is 11.2 Å². The van der Waals surface area contributed by atoms with Crippen LogP contribution in [-0.4, -0.2) is 18.0 Å². The van der Waals surface area contributed by atoms with E-state index in [0.717, 1.165) is 12.0 Å². The molecule has 1 aromatic carbocycles. The van der Waals surface area contributed by atoms with Crippen molar-refractivity contribution in [3.63, 3.8) is 0 Å². The van der Waals surface area contributed by atoms with Crippen molar-refractivity contribution in [2.75, 3.05) is 0 Å². The van der Waals surface area contributed by atoms with Crippen molar-refractivity contribution in [3.8, 4) is 0 Å². The molecule has 3 amide bonds. The van der Waals surface area contributed by atoms with E-state index in [0.29, 0.717) is 5.92 Å². The minimum absolute atomic E-state index is 0.0320. The van der Waals surface area contributed by atoms with Crippen molar-refractivity contribution in [2.24, 2.45) is 11.7 Å². The zero-order valence-electron chi connectivity index (χ0n) is 13.1. The molecule has 0 heterocycles. The maximum Gasteiger partial charge on any atom is 0.318 e. The lowest BCUT2D eigenvalue weighted by molar-refractivity contribution is -0.121. The molecule has 4 N–H and O–H groups in total. The molecule has 0 fully saturated rings. The Morgan fingerprint density at radius 3 is 2.14 bits per heavy atom. The van der Waals surface area contributed by atoms with Gasteiger partial charge in [0.15, 0.2) is 0 Å². The third-order valence-corrected chi connectivity index (χ3v) is 3.48. The fraction of sp³-hybridized carbons (Fsp3) is 0.500. The fourth-order valence-corrected chi connectivity index (χ4v) is 2.21. The molecule has 116 valence electrons. The van der Waals surface area contributed by atoms with Crippen LogP contribution >= 0.6 is 0 Å². The van der Waals surface area contributed by atoms with Gasteiger partial charge in [0.1, 0.15) is 0 Å². The van der Waals surface area contributed by atoms with Gasteiger partial charge in [-0.2, -0.15) is 0 Å². The summed E-state index contributed by atoms with van der Waals surface area (Å²) in [5.74, 6) is -0.111. The molecule has 0 unspecified atom stereocenters. The molecule has 0 aliphatic rings. The largest absolute Gasteiger partial charge is 0.351 e.